The summed E-state index contributed by atoms with van der Waals surface area (Å²) >= 11 is 5.97. The van der Waals surface area contributed by atoms with Gasteiger partial charge in [-0.25, -0.2) is 4.39 Å². The van der Waals surface area contributed by atoms with Gasteiger partial charge in [0.1, 0.15) is 5.82 Å². The number of carboxylic acids is 1. The molecule has 8 heteroatoms. The molecule has 0 aliphatic carbocycles. The molecule has 134 valence electrons. The maximum absolute atomic E-state index is 13.8. The molecule has 1 N–H and O–H groups in total. The minimum absolute atomic E-state index is 0. The van der Waals surface area contributed by atoms with Gasteiger partial charge in [-0.05, 0) is 38.1 Å². The number of hydrogen-bond acceptors (Lipinski definition) is 3. The van der Waals surface area contributed by atoms with Gasteiger partial charge in [-0.3, -0.25) is 14.5 Å². The Hall–Kier alpha value is -1.37. The van der Waals surface area contributed by atoms with Crippen molar-refractivity contribution in [3.63, 3.8) is 0 Å². The highest BCUT2D eigenvalue weighted by Gasteiger charge is 2.26. The average molecular weight is 379 g/mol. The van der Waals surface area contributed by atoms with Gasteiger partial charge in [-0.15, -0.1) is 12.4 Å². The van der Waals surface area contributed by atoms with Crippen LogP contribution in [0.15, 0.2) is 18.2 Å². The Morgan fingerprint density at radius 1 is 1.38 bits per heavy atom. The number of amides is 1. The molecule has 0 atom stereocenters. The fourth-order valence-corrected chi connectivity index (χ4v) is 2.88. The normalized spacial score (nSPS) is 15.6. The largest absolute Gasteiger partial charge is 0.481 e. The average Bonchev–Trinajstić information content (AvgIpc) is 2.51. The second-order valence-corrected chi connectivity index (χ2v) is 6.25. The highest BCUT2D eigenvalue weighted by molar-refractivity contribution is 6.31. The number of likely N-dealkylation sites (tertiary alicyclic amines) is 1. The van der Waals surface area contributed by atoms with Crippen LogP contribution in [0, 0.1) is 11.7 Å². The summed E-state index contributed by atoms with van der Waals surface area (Å²) in [5.41, 5.74) is 0.301. The van der Waals surface area contributed by atoms with E-state index in [1.165, 1.54) is 17.0 Å². The zero-order chi connectivity index (χ0) is 17.0. The first-order chi connectivity index (χ1) is 10.9. The third-order valence-electron chi connectivity index (χ3n) is 4.18. The quantitative estimate of drug-likeness (QED) is 0.855. The van der Waals surface area contributed by atoms with Gasteiger partial charge >= 0.3 is 5.97 Å². The zero-order valence-electron chi connectivity index (χ0n) is 13.4. The second-order valence-electron chi connectivity index (χ2n) is 5.84. The maximum atomic E-state index is 13.8. The number of nitrogens with zero attached hydrogens (tertiary/aromatic N) is 2. The molecule has 1 aliphatic rings. The first-order valence-electron chi connectivity index (χ1n) is 7.50. The van der Waals surface area contributed by atoms with Crippen molar-refractivity contribution in [3.05, 3.63) is 34.6 Å². The molecule has 24 heavy (non-hydrogen) atoms. The molecule has 0 aromatic heterocycles. The van der Waals surface area contributed by atoms with Crippen molar-refractivity contribution in [3.8, 4) is 0 Å². The third-order valence-corrected chi connectivity index (χ3v) is 4.53. The van der Waals surface area contributed by atoms with E-state index < -0.39 is 11.8 Å². The number of halogens is 3. The lowest BCUT2D eigenvalue weighted by Gasteiger charge is -2.30. The summed E-state index contributed by atoms with van der Waals surface area (Å²) in [4.78, 5) is 26.5. The number of rotatable bonds is 5. The van der Waals surface area contributed by atoms with Crippen LogP contribution in [0.3, 0.4) is 0 Å². The number of carboxylic acid groups (broad SMARTS) is 1. The number of carbonyl (C=O) groups is 2. The summed E-state index contributed by atoms with van der Waals surface area (Å²) in [5, 5.41) is 9.27. The Morgan fingerprint density at radius 3 is 2.54 bits per heavy atom. The third kappa shape index (κ3) is 5.33. The summed E-state index contributed by atoms with van der Waals surface area (Å²) in [7, 11) is 1.61. The van der Waals surface area contributed by atoms with E-state index in [-0.39, 0.29) is 37.3 Å². The van der Waals surface area contributed by atoms with Gasteiger partial charge in [-0.2, -0.15) is 0 Å². The highest BCUT2D eigenvalue weighted by atomic mass is 35.5. The van der Waals surface area contributed by atoms with E-state index in [9.17, 15) is 14.0 Å². The monoisotopic (exact) mass is 378 g/mol. The number of benzene rings is 1. The van der Waals surface area contributed by atoms with Crippen LogP contribution in [0.4, 0.5) is 4.39 Å². The van der Waals surface area contributed by atoms with Crippen LogP contribution in [0.5, 0.6) is 0 Å². The topological polar surface area (TPSA) is 60.9 Å². The minimum atomic E-state index is -0.776. The number of likely N-dealkylation sites (N-methyl/N-ethyl adjacent to an activating group) is 1. The minimum Gasteiger partial charge on any atom is -0.481 e. The summed E-state index contributed by atoms with van der Waals surface area (Å²) in [6, 6.07) is 4.43. The maximum Gasteiger partial charge on any atom is 0.306 e. The summed E-state index contributed by atoms with van der Waals surface area (Å²) < 4.78 is 13.8. The SMILES string of the molecule is CN(Cc1c(F)cccc1Cl)C(=O)CN1CCC(C(=O)O)CC1.Cl. The molecule has 0 spiro atoms. The van der Waals surface area contributed by atoms with Gasteiger partial charge < -0.3 is 10.0 Å². The smallest absolute Gasteiger partial charge is 0.306 e. The van der Waals surface area contributed by atoms with Crippen LogP contribution in [0.1, 0.15) is 18.4 Å². The van der Waals surface area contributed by atoms with Crippen molar-refractivity contribution >= 4 is 35.9 Å². The highest BCUT2D eigenvalue weighted by Crippen LogP contribution is 2.21. The molecule has 2 rings (SSSR count). The number of hydrogen-bond donors (Lipinski definition) is 1. The van der Waals surface area contributed by atoms with Gasteiger partial charge in [0.15, 0.2) is 0 Å². The molecule has 0 bridgehead atoms. The molecular weight excluding hydrogens is 358 g/mol. The van der Waals surface area contributed by atoms with E-state index in [4.69, 9.17) is 16.7 Å². The van der Waals surface area contributed by atoms with Gasteiger partial charge in [0.05, 0.1) is 12.5 Å². The van der Waals surface area contributed by atoms with E-state index in [0.717, 1.165) is 0 Å². The summed E-state index contributed by atoms with van der Waals surface area (Å²) in [5.74, 6) is -1.67. The number of aliphatic carboxylic acids is 1. The molecular formula is C16H21Cl2FN2O3. The first kappa shape index (κ1) is 20.7. The van der Waals surface area contributed by atoms with E-state index >= 15 is 0 Å². The molecule has 1 heterocycles. The van der Waals surface area contributed by atoms with Crippen LogP contribution in [-0.2, 0) is 16.1 Å². The fraction of sp³-hybridized carbons (Fsp3) is 0.500. The predicted molar refractivity (Wildman–Crippen MR) is 91.9 cm³/mol. The van der Waals surface area contributed by atoms with Crippen molar-refractivity contribution in [2.24, 2.45) is 5.92 Å². The van der Waals surface area contributed by atoms with E-state index in [1.807, 2.05) is 4.90 Å². The Kier molecular flexibility index (Phi) is 7.93. The van der Waals surface area contributed by atoms with Crippen molar-refractivity contribution in [1.29, 1.82) is 0 Å². The predicted octanol–water partition coefficient (Wildman–Crippen LogP) is 2.66. The lowest BCUT2D eigenvalue weighted by molar-refractivity contribution is -0.143. The van der Waals surface area contributed by atoms with Gasteiger partial charge in [0, 0.05) is 24.2 Å². The molecule has 1 fully saturated rings. The molecule has 0 unspecified atom stereocenters. The first-order valence-corrected chi connectivity index (χ1v) is 7.88. The molecule has 1 aromatic carbocycles. The molecule has 1 saturated heterocycles. The van der Waals surface area contributed by atoms with Crippen molar-refractivity contribution < 1.29 is 19.1 Å². The van der Waals surface area contributed by atoms with E-state index in [0.29, 0.717) is 36.5 Å². The summed E-state index contributed by atoms with van der Waals surface area (Å²) in [6.45, 7) is 1.47. The zero-order valence-corrected chi connectivity index (χ0v) is 14.9. The molecule has 1 aromatic rings. The van der Waals surface area contributed by atoms with Crippen LogP contribution >= 0.6 is 24.0 Å². The fourth-order valence-electron chi connectivity index (χ4n) is 2.66. The van der Waals surface area contributed by atoms with E-state index in [2.05, 4.69) is 0 Å². The molecule has 0 saturated carbocycles. The van der Waals surface area contributed by atoms with Crippen LogP contribution < -0.4 is 0 Å². The molecule has 1 aliphatic heterocycles. The van der Waals surface area contributed by atoms with Gasteiger partial charge in [0.2, 0.25) is 5.91 Å². The van der Waals surface area contributed by atoms with Crippen LogP contribution in [0.25, 0.3) is 0 Å². The van der Waals surface area contributed by atoms with Crippen molar-refractivity contribution in [1.82, 2.24) is 9.80 Å². The van der Waals surface area contributed by atoms with Crippen molar-refractivity contribution in [2.75, 3.05) is 26.7 Å². The Bertz CT molecular complexity index is 572. The van der Waals surface area contributed by atoms with Gasteiger partial charge in [-0.1, -0.05) is 17.7 Å². The van der Waals surface area contributed by atoms with Crippen LogP contribution in [-0.4, -0.2) is 53.5 Å². The summed E-state index contributed by atoms with van der Waals surface area (Å²) in [6.07, 6.45) is 1.09. The molecule has 1 amide bonds. The lowest BCUT2D eigenvalue weighted by atomic mass is 9.97. The standard InChI is InChI=1S/C16H20ClFN2O3.ClH/c1-19(9-12-13(17)3-2-4-14(12)18)15(21)10-20-7-5-11(6-8-20)16(22)23;/h2-4,11H,5-10H2,1H3,(H,22,23);1H. The van der Waals surface area contributed by atoms with Crippen molar-refractivity contribution in [2.45, 2.75) is 19.4 Å². The number of piperidine rings is 1. The van der Waals surface area contributed by atoms with E-state index in [1.54, 1.807) is 13.1 Å². The molecule has 5 nitrogen and oxygen atoms in total. The van der Waals surface area contributed by atoms with Crippen LogP contribution in [0.2, 0.25) is 5.02 Å². The Morgan fingerprint density at radius 2 is 2.00 bits per heavy atom. The molecule has 0 radical (unpaired) electrons. The lowest BCUT2D eigenvalue weighted by Crippen LogP contribution is -2.43. The van der Waals surface area contributed by atoms with Gasteiger partial charge in [0.25, 0.3) is 0 Å². The second kappa shape index (κ2) is 9.20. The number of carbonyl (C=O) groups excluding carboxylic acids is 1. The Balaban J connectivity index is 0.00000288. The Labute approximate surface area is 151 Å².